The maximum Gasteiger partial charge on any atom is 0.126 e. The molecule has 1 aliphatic rings. The Balaban J connectivity index is 2.04. The Morgan fingerprint density at radius 2 is 2.33 bits per heavy atom. The number of rotatable bonds is 4. The first-order valence-corrected chi connectivity index (χ1v) is 6.54. The Morgan fingerprint density at radius 1 is 1.50 bits per heavy atom. The van der Waals surface area contributed by atoms with E-state index in [0.717, 1.165) is 31.4 Å². The third-order valence-electron chi connectivity index (χ3n) is 3.57. The van der Waals surface area contributed by atoms with Gasteiger partial charge in [0.2, 0.25) is 0 Å². The van der Waals surface area contributed by atoms with Crippen molar-refractivity contribution >= 4 is 0 Å². The van der Waals surface area contributed by atoms with Gasteiger partial charge in [0, 0.05) is 12.6 Å². The summed E-state index contributed by atoms with van der Waals surface area (Å²) in [5.41, 5.74) is 4.31. The second-order valence-electron chi connectivity index (χ2n) is 4.95. The molecule has 2 atom stereocenters. The number of nitrogens with one attached hydrogen (secondary N) is 1. The number of nitrogens with two attached hydrogens (primary N) is 1. The summed E-state index contributed by atoms with van der Waals surface area (Å²) in [6, 6.07) is 5.22. The van der Waals surface area contributed by atoms with Crippen LogP contribution in [0.25, 0.3) is 0 Å². The molecule has 1 saturated heterocycles. The fourth-order valence-corrected chi connectivity index (χ4v) is 2.38. The highest BCUT2D eigenvalue weighted by Gasteiger charge is 2.20. The van der Waals surface area contributed by atoms with Crippen LogP contribution >= 0.6 is 0 Å². The molecule has 1 fully saturated rings. The molecule has 100 valence electrons. The van der Waals surface area contributed by atoms with Gasteiger partial charge in [0.25, 0.3) is 0 Å². The van der Waals surface area contributed by atoms with Gasteiger partial charge in [-0.15, -0.1) is 0 Å². The fraction of sp³-hybridized carbons (Fsp3) is 0.571. The molecule has 18 heavy (non-hydrogen) atoms. The summed E-state index contributed by atoms with van der Waals surface area (Å²) >= 11 is 0. The first-order chi connectivity index (χ1) is 8.70. The highest BCUT2D eigenvalue weighted by Crippen LogP contribution is 2.25. The Kier molecular flexibility index (Phi) is 4.69. The molecular weight excluding hydrogens is 231 g/mol. The summed E-state index contributed by atoms with van der Waals surface area (Å²) in [5, 5.41) is 0. The van der Waals surface area contributed by atoms with Gasteiger partial charge in [-0.3, -0.25) is 11.3 Å². The second-order valence-corrected chi connectivity index (χ2v) is 4.95. The molecule has 2 unspecified atom stereocenters. The highest BCUT2D eigenvalue weighted by molar-refractivity contribution is 5.25. The van der Waals surface area contributed by atoms with Crippen LogP contribution in [-0.4, -0.2) is 12.7 Å². The molecule has 3 N–H and O–H groups in total. The van der Waals surface area contributed by atoms with Gasteiger partial charge in [-0.1, -0.05) is 12.1 Å². The molecule has 1 aliphatic heterocycles. The Morgan fingerprint density at radius 3 is 2.94 bits per heavy atom. The minimum absolute atomic E-state index is 0.0526. The van der Waals surface area contributed by atoms with E-state index < -0.39 is 0 Å². The minimum atomic E-state index is -0.183. The fourth-order valence-electron chi connectivity index (χ4n) is 2.38. The zero-order valence-corrected chi connectivity index (χ0v) is 10.8. The van der Waals surface area contributed by atoms with Crippen molar-refractivity contribution in [3.8, 4) is 0 Å². The van der Waals surface area contributed by atoms with E-state index in [9.17, 15) is 4.39 Å². The van der Waals surface area contributed by atoms with Gasteiger partial charge >= 0.3 is 0 Å². The third-order valence-corrected chi connectivity index (χ3v) is 3.57. The topological polar surface area (TPSA) is 47.3 Å². The van der Waals surface area contributed by atoms with Crippen molar-refractivity contribution in [2.24, 2.45) is 5.84 Å². The van der Waals surface area contributed by atoms with Crippen LogP contribution in [0.15, 0.2) is 18.2 Å². The monoisotopic (exact) mass is 252 g/mol. The Labute approximate surface area is 107 Å². The van der Waals surface area contributed by atoms with Gasteiger partial charge in [0.15, 0.2) is 0 Å². The molecule has 1 aromatic rings. The lowest BCUT2D eigenvalue weighted by molar-refractivity contribution is 0.00500. The van der Waals surface area contributed by atoms with Crippen LogP contribution in [-0.2, 0) is 4.74 Å². The lowest BCUT2D eigenvalue weighted by Crippen LogP contribution is -2.33. The largest absolute Gasteiger partial charge is 0.378 e. The standard InChI is InChI=1S/C14H21FN2O/c1-10-5-6-11(8-13(10)15)14(17-16)9-12-4-2-3-7-18-12/h5-6,8,12,14,17H,2-4,7,9,16H2,1H3. The number of hydrogen-bond acceptors (Lipinski definition) is 3. The summed E-state index contributed by atoms with van der Waals surface area (Å²) < 4.78 is 19.3. The van der Waals surface area contributed by atoms with Crippen molar-refractivity contribution in [2.45, 2.75) is 44.8 Å². The first-order valence-electron chi connectivity index (χ1n) is 6.54. The second kappa shape index (κ2) is 6.27. The molecule has 1 heterocycles. The molecule has 0 spiro atoms. The summed E-state index contributed by atoms with van der Waals surface area (Å²) in [6.07, 6.45) is 4.41. The van der Waals surface area contributed by atoms with E-state index in [1.165, 1.54) is 6.42 Å². The summed E-state index contributed by atoms with van der Waals surface area (Å²) in [7, 11) is 0. The number of aryl methyl sites for hydroxylation is 1. The van der Waals surface area contributed by atoms with E-state index in [0.29, 0.717) is 5.56 Å². The smallest absolute Gasteiger partial charge is 0.126 e. The molecule has 4 heteroatoms. The van der Waals surface area contributed by atoms with Crippen LogP contribution in [0.4, 0.5) is 4.39 Å². The van der Waals surface area contributed by atoms with Crippen molar-refractivity contribution in [1.82, 2.24) is 5.43 Å². The van der Waals surface area contributed by atoms with Gasteiger partial charge in [-0.2, -0.15) is 0 Å². The lowest BCUT2D eigenvalue weighted by Gasteiger charge is -2.27. The lowest BCUT2D eigenvalue weighted by atomic mass is 9.96. The molecule has 0 aliphatic carbocycles. The predicted molar refractivity (Wildman–Crippen MR) is 69.4 cm³/mol. The number of hydrogen-bond donors (Lipinski definition) is 2. The maximum absolute atomic E-state index is 13.6. The number of hydrazine groups is 1. The predicted octanol–water partition coefficient (Wildman–Crippen LogP) is 2.60. The maximum atomic E-state index is 13.6. The number of benzene rings is 1. The first kappa shape index (κ1) is 13.5. The van der Waals surface area contributed by atoms with Crippen molar-refractivity contribution in [3.05, 3.63) is 35.1 Å². The molecule has 0 saturated carbocycles. The SMILES string of the molecule is Cc1ccc(C(CC2CCCCO2)NN)cc1F. The van der Waals surface area contributed by atoms with E-state index in [1.807, 2.05) is 6.07 Å². The van der Waals surface area contributed by atoms with Gasteiger partial charge in [-0.05, 0) is 49.8 Å². The molecule has 0 aromatic heterocycles. The zero-order valence-electron chi connectivity index (χ0n) is 10.8. The Hall–Kier alpha value is -0.970. The minimum Gasteiger partial charge on any atom is -0.378 e. The third kappa shape index (κ3) is 3.28. The van der Waals surface area contributed by atoms with Crippen LogP contribution in [0.2, 0.25) is 0 Å². The van der Waals surface area contributed by atoms with Gasteiger partial charge in [0.05, 0.1) is 6.10 Å². The average Bonchev–Trinajstić information content (AvgIpc) is 2.40. The van der Waals surface area contributed by atoms with Crippen LogP contribution in [0.5, 0.6) is 0 Å². The van der Waals surface area contributed by atoms with Crippen LogP contribution in [0.1, 0.15) is 42.9 Å². The summed E-state index contributed by atoms with van der Waals surface area (Å²) in [4.78, 5) is 0. The van der Waals surface area contributed by atoms with E-state index in [-0.39, 0.29) is 18.0 Å². The molecule has 3 nitrogen and oxygen atoms in total. The van der Waals surface area contributed by atoms with Crippen molar-refractivity contribution in [1.29, 1.82) is 0 Å². The zero-order chi connectivity index (χ0) is 13.0. The van der Waals surface area contributed by atoms with Crippen molar-refractivity contribution in [3.63, 3.8) is 0 Å². The van der Waals surface area contributed by atoms with E-state index in [2.05, 4.69) is 5.43 Å². The normalized spacial score (nSPS) is 21.8. The van der Waals surface area contributed by atoms with Crippen molar-refractivity contribution < 1.29 is 9.13 Å². The average molecular weight is 252 g/mol. The summed E-state index contributed by atoms with van der Waals surface area (Å²) in [5.74, 6) is 5.40. The van der Waals surface area contributed by atoms with Gasteiger partial charge in [0.1, 0.15) is 5.82 Å². The molecule has 0 bridgehead atoms. The van der Waals surface area contributed by atoms with Gasteiger partial charge < -0.3 is 4.74 Å². The molecule has 0 radical (unpaired) electrons. The van der Waals surface area contributed by atoms with Gasteiger partial charge in [-0.25, -0.2) is 4.39 Å². The molecular formula is C14H21FN2O. The van der Waals surface area contributed by atoms with E-state index in [4.69, 9.17) is 10.6 Å². The Bertz CT molecular complexity index is 391. The molecule has 0 amide bonds. The van der Waals surface area contributed by atoms with E-state index >= 15 is 0 Å². The summed E-state index contributed by atoms with van der Waals surface area (Å²) in [6.45, 7) is 2.58. The van der Waals surface area contributed by atoms with Crippen molar-refractivity contribution in [2.75, 3.05) is 6.61 Å². The molecule has 1 aromatic carbocycles. The van der Waals surface area contributed by atoms with Crippen LogP contribution < -0.4 is 11.3 Å². The highest BCUT2D eigenvalue weighted by atomic mass is 19.1. The van der Waals surface area contributed by atoms with Crippen LogP contribution in [0.3, 0.4) is 0 Å². The van der Waals surface area contributed by atoms with Crippen LogP contribution in [0, 0.1) is 12.7 Å². The quantitative estimate of drug-likeness (QED) is 0.639. The number of ether oxygens (including phenoxy) is 1. The van der Waals surface area contributed by atoms with E-state index in [1.54, 1.807) is 19.1 Å². The number of halogens is 1. The molecule has 2 rings (SSSR count).